The first-order chi connectivity index (χ1) is 4.81. The van der Waals surface area contributed by atoms with E-state index in [-0.39, 0.29) is 0 Å². The van der Waals surface area contributed by atoms with Gasteiger partial charge in [-0.2, -0.15) is 0 Å². The van der Waals surface area contributed by atoms with Crippen molar-refractivity contribution in [2.75, 3.05) is 0 Å². The first-order valence-electron chi connectivity index (χ1n) is 4.43. The van der Waals surface area contributed by atoms with E-state index in [4.69, 9.17) is 0 Å². The SMILES string of the molecule is C=CC(C)CCCCCC. The Kier molecular flexibility index (Phi) is 6.68. The molecule has 1 atom stereocenters. The topological polar surface area (TPSA) is 0 Å². The van der Waals surface area contributed by atoms with Crippen LogP contribution in [0.4, 0.5) is 0 Å². The van der Waals surface area contributed by atoms with Crippen molar-refractivity contribution in [2.24, 2.45) is 5.92 Å². The molecule has 0 saturated heterocycles. The second-order valence-corrected chi connectivity index (χ2v) is 3.06. The van der Waals surface area contributed by atoms with Crippen LogP contribution in [0, 0.1) is 5.92 Å². The normalized spacial score (nSPS) is 13.0. The summed E-state index contributed by atoms with van der Waals surface area (Å²) in [5, 5.41) is 0. The zero-order valence-electron chi connectivity index (χ0n) is 7.40. The molecule has 0 radical (unpaired) electrons. The van der Waals surface area contributed by atoms with Gasteiger partial charge in [-0.05, 0) is 12.3 Å². The van der Waals surface area contributed by atoms with E-state index in [1.165, 1.54) is 32.1 Å². The van der Waals surface area contributed by atoms with E-state index in [1.807, 2.05) is 6.08 Å². The third-order valence-electron chi connectivity index (χ3n) is 1.92. The average molecular weight is 140 g/mol. The molecule has 0 aromatic carbocycles. The van der Waals surface area contributed by atoms with Crippen molar-refractivity contribution >= 4 is 0 Å². The Balaban J connectivity index is 2.95. The Morgan fingerprint density at radius 2 is 2.00 bits per heavy atom. The fourth-order valence-corrected chi connectivity index (χ4v) is 1.01. The lowest BCUT2D eigenvalue weighted by Crippen LogP contribution is -1.88. The molecule has 0 bridgehead atoms. The zero-order chi connectivity index (χ0) is 7.82. The summed E-state index contributed by atoms with van der Waals surface area (Å²) in [6.07, 6.45) is 8.87. The minimum absolute atomic E-state index is 0.719. The van der Waals surface area contributed by atoms with Gasteiger partial charge in [-0.15, -0.1) is 6.58 Å². The van der Waals surface area contributed by atoms with Crippen LogP contribution in [0.1, 0.15) is 46.0 Å². The molecule has 0 spiro atoms. The minimum Gasteiger partial charge on any atom is -0.103 e. The van der Waals surface area contributed by atoms with E-state index in [9.17, 15) is 0 Å². The predicted molar refractivity (Wildman–Crippen MR) is 48.1 cm³/mol. The van der Waals surface area contributed by atoms with Gasteiger partial charge in [-0.1, -0.05) is 45.6 Å². The van der Waals surface area contributed by atoms with Crippen LogP contribution in [-0.2, 0) is 0 Å². The molecule has 60 valence electrons. The molecule has 0 nitrogen and oxygen atoms in total. The molecular formula is C10H20. The van der Waals surface area contributed by atoms with Crippen LogP contribution in [0.2, 0.25) is 0 Å². The van der Waals surface area contributed by atoms with E-state index in [1.54, 1.807) is 0 Å². The third-order valence-corrected chi connectivity index (χ3v) is 1.92. The van der Waals surface area contributed by atoms with Crippen LogP contribution in [0.3, 0.4) is 0 Å². The maximum atomic E-state index is 3.76. The largest absolute Gasteiger partial charge is 0.103 e. The Morgan fingerprint density at radius 3 is 2.50 bits per heavy atom. The van der Waals surface area contributed by atoms with Crippen molar-refractivity contribution < 1.29 is 0 Å². The molecule has 0 heteroatoms. The lowest BCUT2D eigenvalue weighted by molar-refractivity contribution is 0.562. The average Bonchev–Trinajstić information content (AvgIpc) is 1.98. The summed E-state index contributed by atoms with van der Waals surface area (Å²) in [7, 11) is 0. The molecule has 0 amide bonds. The highest BCUT2D eigenvalue weighted by molar-refractivity contribution is 4.74. The number of hydrogen-bond acceptors (Lipinski definition) is 0. The third kappa shape index (κ3) is 5.87. The molecule has 0 aliphatic carbocycles. The van der Waals surface area contributed by atoms with Crippen LogP contribution in [0.15, 0.2) is 12.7 Å². The molecular weight excluding hydrogens is 120 g/mol. The van der Waals surface area contributed by atoms with Gasteiger partial charge in [-0.25, -0.2) is 0 Å². The van der Waals surface area contributed by atoms with E-state index in [2.05, 4.69) is 20.4 Å². The van der Waals surface area contributed by atoms with Crippen molar-refractivity contribution in [3.8, 4) is 0 Å². The lowest BCUT2D eigenvalue weighted by atomic mass is 10.0. The smallest absolute Gasteiger partial charge is 0.0265 e. The summed E-state index contributed by atoms with van der Waals surface area (Å²) >= 11 is 0. The molecule has 0 aliphatic rings. The van der Waals surface area contributed by atoms with Gasteiger partial charge in [-0.3, -0.25) is 0 Å². The first kappa shape index (κ1) is 9.74. The van der Waals surface area contributed by atoms with Crippen molar-refractivity contribution in [1.82, 2.24) is 0 Å². The van der Waals surface area contributed by atoms with Gasteiger partial charge in [0.25, 0.3) is 0 Å². The Hall–Kier alpha value is -0.260. The van der Waals surface area contributed by atoms with Gasteiger partial charge in [0.2, 0.25) is 0 Å². The predicted octanol–water partition coefficient (Wildman–Crippen LogP) is 3.78. The van der Waals surface area contributed by atoms with Crippen LogP contribution >= 0.6 is 0 Å². The van der Waals surface area contributed by atoms with Crippen molar-refractivity contribution in [3.05, 3.63) is 12.7 Å². The second kappa shape index (κ2) is 6.85. The number of hydrogen-bond donors (Lipinski definition) is 0. The van der Waals surface area contributed by atoms with Gasteiger partial charge in [0.05, 0.1) is 0 Å². The lowest BCUT2D eigenvalue weighted by Gasteiger charge is -2.03. The van der Waals surface area contributed by atoms with E-state index in [0.717, 1.165) is 5.92 Å². The number of allylic oxidation sites excluding steroid dienone is 1. The minimum atomic E-state index is 0.719. The second-order valence-electron chi connectivity index (χ2n) is 3.06. The summed E-state index contributed by atoms with van der Waals surface area (Å²) in [6, 6.07) is 0. The van der Waals surface area contributed by atoms with Gasteiger partial charge in [0.15, 0.2) is 0 Å². The summed E-state index contributed by atoms with van der Waals surface area (Å²) in [5.41, 5.74) is 0. The first-order valence-corrected chi connectivity index (χ1v) is 4.43. The van der Waals surface area contributed by atoms with Crippen molar-refractivity contribution in [1.29, 1.82) is 0 Å². The van der Waals surface area contributed by atoms with E-state index in [0.29, 0.717) is 0 Å². The molecule has 0 saturated carbocycles. The number of rotatable bonds is 6. The van der Waals surface area contributed by atoms with Crippen LogP contribution < -0.4 is 0 Å². The maximum absolute atomic E-state index is 3.76. The van der Waals surface area contributed by atoms with Crippen LogP contribution in [-0.4, -0.2) is 0 Å². The molecule has 0 aromatic heterocycles. The summed E-state index contributed by atoms with van der Waals surface area (Å²) < 4.78 is 0. The fourth-order valence-electron chi connectivity index (χ4n) is 1.01. The maximum Gasteiger partial charge on any atom is -0.0265 e. The molecule has 0 aliphatic heterocycles. The standard InChI is InChI=1S/C10H20/c1-4-6-7-8-9-10(3)5-2/h5,10H,2,4,6-9H2,1,3H3. The molecule has 10 heavy (non-hydrogen) atoms. The quantitative estimate of drug-likeness (QED) is 0.389. The summed E-state index contributed by atoms with van der Waals surface area (Å²) in [6.45, 7) is 8.24. The number of unbranched alkanes of at least 4 members (excludes halogenated alkanes) is 3. The Labute approximate surface area is 65.3 Å². The molecule has 0 N–H and O–H groups in total. The van der Waals surface area contributed by atoms with Crippen molar-refractivity contribution in [3.63, 3.8) is 0 Å². The fraction of sp³-hybridized carbons (Fsp3) is 0.800. The van der Waals surface area contributed by atoms with Crippen molar-refractivity contribution in [2.45, 2.75) is 46.0 Å². The highest BCUT2D eigenvalue weighted by Crippen LogP contribution is 2.10. The molecule has 0 aromatic rings. The van der Waals surface area contributed by atoms with Gasteiger partial charge in [0, 0.05) is 0 Å². The monoisotopic (exact) mass is 140 g/mol. The molecule has 0 heterocycles. The Bertz CT molecular complexity index is 74.1. The van der Waals surface area contributed by atoms with Gasteiger partial charge >= 0.3 is 0 Å². The summed E-state index contributed by atoms with van der Waals surface area (Å²) in [5.74, 6) is 0.719. The highest BCUT2D eigenvalue weighted by Gasteiger charge is 1.94. The highest BCUT2D eigenvalue weighted by atomic mass is 14.0. The van der Waals surface area contributed by atoms with Gasteiger partial charge in [0.1, 0.15) is 0 Å². The Morgan fingerprint density at radius 1 is 1.30 bits per heavy atom. The zero-order valence-corrected chi connectivity index (χ0v) is 7.40. The van der Waals surface area contributed by atoms with Crippen LogP contribution in [0.5, 0.6) is 0 Å². The molecule has 0 rings (SSSR count). The van der Waals surface area contributed by atoms with E-state index < -0.39 is 0 Å². The van der Waals surface area contributed by atoms with Crippen LogP contribution in [0.25, 0.3) is 0 Å². The summed E-state index contributed by atoms with van der Waals surface area (Å²) in [4.78, 5) is 0. The van der Waals surface area contributed by atoms with Gasteiger partial charge < -0.3 is 0 Å². The molecule has 0 fully saturated rings. The van der Waals surface area contributed by atoms with E-state index >= 15 is 0 Å². The molecule has 1 unspecified atom stereocenters.